The fraction of sp³-hybridized carbons (Fsp3) is 0.538. The zero-order valence-corrected chi connectivity index (χ0v) is 9.75. The van der Waals surface area contributed by atoms with Crippen molar-refractivity contribution in [2.45, 2.75) is 12.8 Å². The van der Waals surface area contributed by atoms with Crippen LogP contribution in [0.1, 0.15) is 12.8 Å². The summed E-state index contributed by atoms with van der Waals surface area (Å²) in [5.41, 5.74) is 0.621. The molecule has 1 aromatic rings. The fourth-order valence-corrected chi connectivity index (χ4v) is 2.30. The first-order valence-corrected chi connectivity index (χ1v) is 5.92. The summed E-state index contributed by atoms with van der Waals surface area (Å²) in [5, 5.41) is 3.20. The van der Waals surface area contributed by atoms with Gasteiger partial charge in [-0.1, -0.05) is 12.1 Å². The van der Waals surface area contributed by atoms with Gasteiger partial charge in [-0.15, -0.1) is 0 Å². The van der Waals surface area contributed by atoms with Gasteiger partial charge in [0, 0.05) is 13.1 Å². The van der Waals surface area contributed by atoms with Crippen LogP contribution in [-0.2, 0) is 0 Å². The smallest absolute Gasteiger partial charge is 0.146 e. The number of rotatable bonds is 3. The van der Waals surface area contributed by atoms with Crippen LogP contribution < -0.4 is 5.32 Å². The summed E-state index contributed by atoms with van der Waals surface area (Å²) < 4.78 is 13.3. The summed E-state index contributed by atoms with van der Waals surface area (Å²) in [7, 11) is 2.15. The molecule has 1 unspecified atom stereocenters. The van der Waals surface area contributed by atoms with E-state index in [9.17, 15) is 4.39 Å². The highest BCUT2D eigenvalue weighted by Gasteiger charge is 2.16. The Balaban J connectivity index is 1.85. The molecule has 1 fully saturated rings. The Morgan fingerprint density at radius 3 is 3.00 bits per heavy atom. The van der Waals surface area contributed by atoms with Crippen LogP contribution in [0.25, 0.3) is 0 Å². The molecule has 0 aliphatic carbocycles. The molecule has 1 heterocycles. The third-order valence-corrected chi connectivity index (χ3v) is 3.18. The van der Waals surface area contributed by atoms with Crippen LogP contribution in [0, 0.1) is 11.7 Å². The predicted octanol–water partition coefficient (Wildman–Crippen LogP) is 2.58. The topological polar surface area (TPSA) is 15.3 Å². The number of halogens is 1. The normalized spacial score (nSPS) is 22.0. The largest absolute Gasteiger partial charge is 0.382 e. The van der Waals surface area contributed by atoms with E-state index in [1.54, 1.807) is 12.1 Å². The summed E-state index contributed by atoms with van der Waals surface area (Å²) in [4.78, 5) is 2.34. The number of hydrogen-bond acceptors (Lipinski definition) is 2. The minimum absolute atomic E-state index is 0.160. The van der Waals surface area contributed by atoms with Crippen molar-refractivity contribution in [3.63, 3.8) is 0 Å². The van der Waals surface area contributed by atoms with E-state index < -0.39 is 0 Å². The molecule has 0 bridgehead atoms. The van der Waals surface area contributed by atoms with Crippen molar-refractivity contribution in [3.8, 4) is 0 Å². The molecule has 1 saturated heterocycles. The van der Waals surface area contributed by atoms with Crippen molar-refractivity contribution < 1.29 is 4.39 Å². The van der Waals surface area contributed by atoms with E-state index in [4.69, 9.17) is 0 Å². The van der Waals surface area contributed by atoms with E-state index >= 15 is 0 Å². The van der Waals surface area contributed by atoms with Crippen molar-refractivity contribution in [3.05, 3.63) is 30.1 Å². The molecule has 2 rings (SSSR count). The third-order valence-electron chi connectivity index (χ3n) is 3.18. The van der Waals surface area contributed by atoms with Gasteiger partial charge in [0.05, 0.1) is 5.69 Å². The number of anilines is 1. The molecule has 0 saturated carbocycles. The van der Waals surface area contributed by atoms with E-state index in [0.29, 0.717) is 11.6 Å². The number of nitrogens with zero attached hydrogens (tertiary/aromatic N) is 1. The van der Waals surface area contributed by atoms with E-state index in [-0.39, 0.29) is 5.82 Å². The standard InChI is InChI=1S/C13H19FN2/c1-16-8-4-5-11(10-16)9-15-13-7-3-2-6-12(13)14/h2-3,6-7,11,15H,4-5,8-10H2,1H3. The van der Waals surface area contributed by atoms with E-state index in [2.05, 4.69) is 17.3 Å². The summed E-state index contributed by atoms with van der Waals surface area (Å²) in [6, 6.07) is 6.87. The van der Waals surface area contributed by atoms with Gasteiger partial charge in [-0.3, -0.25) is 0 Å². The lowest BCUT2D eigenvalue weighted by atomic mass is 9.98. The maximum absolute atomic E-state index is 13.3. The Labute approximate surface area is 96.5 Å². The maximum atomic E-state index is 13.3. The maximum Gasteiger partial charge on any atom is 0.146 e. The van der Waals surface area contributed by atoms with Gasteiger partial charge >= 0.3 is 0 Å². The van der Waals surface area contributed by atoms with Crippen molar-refractivity contribution in [1.82, 2.24) is 4.90 Å². The lowest BCUT2D eigenvalue weighted by Crippen LogP contribution is -2.35. The second-order valence-electron chi connectivity index (χ2n) is 4.63. The summed E-state index contributed by atoms with van der Waals surface area (Å²) in [5.74, 6) is 0.477. The van der Waals surface area contributed by atoms with Crippen molar-refractivity contribution in [1.29, 1.82) is 0 Å². The number of hydrogen-bond donors (Lipinski definition) is 1. The highest BCUT2D eigenvalue weighted by molar-refractivity contribution is 5.44. The lowest BCUT2D eigenvalue weighted by molar-refractivity contribution is 0.217. The Bertz CT molecular complexity index is 340. The molecule has 1 aromatic carbocycles. The molecule has 0 spiro atoms. The molecule has 2 nitrogen and oxygen atoms in total. The molecule has 0 radical (unpaired) electrons. The van der Waals surface area contributed by atoms with Gasteiger partial charge in [0.2, 0.25) is 0 Å². The van der Waals surface area contributed by atoms with Gasteiger partial charge in [0.25, 0.3) is 0 Å². The SMILES string of the molecule is CN1CCCC(CNc2ccccc2F)C1. The molecule has 1 N–H and O–H groups in total. The van der Waals surface area contributed by atoms with Crippen LogP contribution in [-0.4, -0.2) is 31.6 Å². The Hall–Kier alpha value is -1.09. The molecule has 1 aliphatic rings. The average Bonchev–Trinajstić information content (AvgIpc) is 2.28. The molecule has 88 valence electrons. The van der Waals surface area contributed by atoms with Gasteiger partial charge < -0.3 is 10.2 Å². The molecule has 0 amide bonds. The van der Waals surface area contributed by atoms with Crippen LogP contribution >= 0.6 is 0 Å². The van der Waals surface area contributed by atoms with Gasteiger partial charge in [-0.25, -0.2) is 4.39 Å². The molecule has 1 aliphatic heterocycles. The lowest BCUT2D eigenvalue weighted by Gasteiger charge is -2.30. The number of piperidine rings is 1. The number of nitrogens with one attached hydrogen (secondary N) is 1. The Morgan fingerprint density at radius 1 is 1.44 bits per heavy atom. The molecule has 3 heteroatoms. The van der Waals surface area contributed by atoms with Crippen LogP contribution in [0.15, 0.2) is 24.3 Å². The monoisotopic (exact) mass is 222 g/mol. The van der Waals surface area contributed by atoms with Crippen molar-refractivity contribution in [2.75, 3.05) is 32.0 Å². The van der Waals surface area contributed by atoms with Crippen LogP contribution in [0.4, 0.5) is 10.1 Å². The van der Waals surface area contributed by atoms with E-state index in [0.717, 1.165) is 13.1 Å². The summed E-state index contributed by atoms with van der Waals surface area (Å²) >= 11 is 0. The molecule has 0 aromatic heterocycles. The van der Waals surface area contributed by atoms with Gasteiger partial charge in [0.1, 0.15) is 5.82 Å². The quantitative estimate of drug-likeness (QED) is 0.845. The first-order valence-electron chi connectivity index (χ1n) is 5.92. The fourth-order valence-electron chi connectivity index (χ4n) is 2.30. The molecule has 1 atom stereocenters. The summed E-state index contributed by atoms with van der Waals surface area (Å²) in [6.45, 7) is 3.17. The Kier molecular flexibility index (Phi) is 3.78. The molecule has 16 heavy (non-hydrogen) atoms. The first-order chi connectivity index (χ1) is 7.75. The zero-order chi connectivity index (χ0) is 11.4. The van der Waals surface area contributed by atoms with Crippen LogP contribution in [0.5, 0.6) is 0 Å². The van der Waals surface area contributed by atoms with Gasteiger partial charge in [-0.2, -0.15) is 0 Å². The number of benzene rings is 1. The molecular formula is C13H19FN2. The van der Waals surface area contributed by atoms with Crippen LogP contribution in [0.2, 0.25) is 0 Å². The number of likely N-dealkylation sites (tertiary alicyclic amines) is 1. The second-order valence-corrected chi connectivity index (χ2v) is 4.63. The third kappa shape index (κ3) is 2.95. The Morgan fingerprint density at radius 2 is 2.25 bits per heavy atom. The van der Waals surface area contributed by atoms with E-state index in [1.165, 1.54) is 25.5 Å². The highest BCUT2D eigenvalue weighted by Crippen LogP contribution is 2.17. The van der Waals surface area contributed by atoms with Crippen molar-refractivity contribution in [2.24, 2.45) is 5.92 Å². The number of para-hydroxylation sites is 1. The first kappa shape index (κ1) is 11.4. The molecular weight excluding hydrogens is 203 g/mol. The summed E-state index contributed by atoms with van der Waals surface area (Å²) in [6.07, 6.45) is 2.49. The highest BCUT2D eigenvalue weighted by atomic mass is 19.1. The second kappa shape index (κ2) is 5.30. The van der Waals surface area contributed by atoms with Gasteiger partial charge in [0.15, 0.2) is 0 Å². The predicted molar refractivity (Wildman–Crippen MR) is 65.1 cm³/mol. The zero-order valence-electron chi connectivity index (χ0n) is 9.75. The van der Waals surface area contributed by atoms with Gasteiger partial charge in [-0.05, 0) is 44.5 Å². The minimum atomic E-state index is -0.160. The van der Waals surface area contributed by atoms with E-state index in [1.807, 2.05) is 6.07 Å². The average molecular weight is 222 g/mol. The van der Waals surface area contributed by atoms with Crippen LogP contribution in [0.3, 0.4) is 0 Å². The van der Waals surface area contributed by atoms with Crippen molar-refractivity contribution >= 4 is 5.69 Å². The minimum Gasteiger partial charge on any atom is -0.382 e.